The van der Waals surface area contributed by atoms with Crippen molar-refractivity contribution in [2.75, 3.05) is 25.9 Å². The van der Waals surface area contributed by atoms with Gasteiger partial charge in [-0.25, -0.2) is 13.9 Å². The zero-order valence-electron chi connectivity index (χ0n) is 13.3. The van der Waals surface area contributed by atoms with Crippen molar-refractivity contribution in [2.45, 2.75) is 34.3 Å². The van der Waals surface area contributed by atoms with E-state index in [-0.39, 0.29) is 17.7 Å². The van der Waals surface area contributed by atoms with Crippen LogP contribution in [0.2, 0.25) is 0 Å². The lowest BCUT2D eigenvalue weighted by Crippen LogP contribution is -2.57. The number of hydroxylamine groups is 1. The molecule has 0 atom stereocenters. The molecule has 6 nitrogen and oxygen atoms in total. The Kier molecular flexibility index (Phi) is 5.72. The van der Waals surface area contributed by atoms with Gasteiger partial charge in [0, 0.05) is 18.0 Å². The minimum absolute atomic E-state index is 0.115. The maximum atomic E-state index is 13.1. The molecule has 0 aliphatic carbocycles. The second-order valence-corrected chi connectivity index (χ2v) is 8.69. The van der Waals surface area contributed by atoms with Gasteiger partial charge in [-0.2, -0.15) is 0 Å². The number of carbonyl (C=O) groups excluding carboxylic acids is 1. The number of likely N-dealkylation sites (tertiary alicyclic amines) is 1. The van der Waals surface area contributed by atoms with Gasteiger partial charge < -0.3 is 4.90 Å². The zero-order valence-corrected chi connectivity index (χ0v) is 14.9. The van der Waals surface area contributed by atoms with Crippen LogP contribution in [-0.4, -0.2) is 55.1 Å². The largest absolute Gasteiger partial charge is 0.303 e. The van der Waals surface area contributed by atoms with Gasteiger partial charge in [0.1, 0.15) is 0 Å². The van der Waals surface area contributed by atoms with Crippen molar-refractivity contribution in [3.8, 4) is 0 Å². The molecule has 1 aliphatic heterocycles. The van der Waals surface area contributed by atoms with Gasteiger partial charge in [0.2, 0.25) is 0 Å². The smallest absolute Gasteiger partial charge is 0.265 e. The van der Waals surface area contributed by atoms with Gasteiger partial charge in [0.25, 0.3) is 5.91 Å². The van der Waals surface area contributed by atoms with Gasteiger partial charge >= 0.3 is 0 Å². The Labute approximate surface area is 141 Å². The minimum Gasteiger partial charge on any atom is -0.303 e. The molecule has 1 heterocycles. The summed E-state index contributed by atoms with van der Waals surface area (Å²) < 4.78 is 24.6. The minimum atomic E-state index is -3.90. The molecule has 1 aliphatic rings. The molecule has 2 rings (SSSR count). The van der Waals surface area contributed by atoms with Crippen molar-refractivity contribution >= 4 is 27.5 Å². The fraction of sp³-hybridized carbons (Fsp3) is 0.533. The number of nitrogens with zero attached hydrogens (tertiary/aromatic N) is 1. The monoisotopic (exact) mass is 358 g/mol. The van der Waals surface area contributed by atoms with Crippen LogP contribution >= 0.6 is 11.8 Å². The number of piperidine rings is 1. The molecule has 1 fully saturated rings. The molecule has 0 unspecified atom stereocenters. The van der Waals surface area contributed by atoms with Crippen molar-refractivity contribution < 1.29 is 18.4 Å². The molecular formula is C15H22N2O4S2. The standard InChI is InChI=1S/C15H22N2O4S2/c1-3-17-10-8-15(9-11-17,14(18)16-19)23(20,21)13-6-4-12(22-2)5-7-13/h4-7,19H,3,8-11H2,1-2H3,(H,16,18). The number of sulfone groups is 1. The molecule has 0 aromatic heterocycles. The van der Waals surface area contributed by atoms with Crippen LogP contribution in [0.25, 0.3) is 0 Å². The molecule has 1 aromatic rings. The lowest BCUT2D eigenvalue weighted by atomic mass is 9.95. The SMILES string of the molecule is CCN1CCC(C(=O)NO)(S(=O)(=O)c2ccc(SC)cc2)CC1. The highest BCUT2D eigenvalue weighted by Crippen LogP contribution is 2.36. The van der Waals surface area contributed by atoms with Crippen molar-refractivity contribution in [1.82, 2.24) is 10.4 Å². The Bertz CT molecular complexity index is 651. The van der Waals surface area contributed by atoms with E-state index in [9.17, 15) is 13.2 Å². The lowest BCUT2D eigenvalue weighted by Gasteiger charge is -2.39. The third-order valence-corrected chi connectivity index (χ3v) is 7.77. The number of thioether (sulfide) groups is 1. The van der Waals surface area contributed by atoms with E-state index in [0.29, 0.717) is 13.1 Å². The number of benzene rings is 1. The van der Waals surface area contributed by atoms with Crippen molar-refractivity contribution in [3.05, 3.63) is 24.3 Å². The first kappa shape index (κ1) is 18.3. The van der Waals surface area contributed by atoms with E-state index in [4.69, 9.17) is 5.21 Å². The number of carbonyl (C=O) groups is 1. The quantitative estimate of drug-likeness (QED) is 0.472. The maximum absolute atomic E-state index is 13.1. The summed E-state index contributed by atoms with van der Waals surface area (Å²) in [6.07, 6.45) is 2.24. The summed E-state index contributed by atoms with van der Waals surface area (Å²) in [4.78, 5) is 15.4. The molecule has 8 heteroatoms. The van der Waals surface area contributed by atoms with Crippen molar-refractivity contribution in [3.63, 3.8) is 0 Å². The van der Waals surface area contributed by atoms with E-state index < -0.39 is 20.5 Å². The van der Waals surface area contributed by atoms with Crippen molar-refractivity contribution in [2.24, 2.45) is 0 Å². The van der Waals surface area contributed by atoms with Crippen LogP contribution in [0.15, 0.2) is 34.1 Å². The molecule has 0 saturated carbocycles. The molecule has 1 aromatic carbocycles. The average Bonchev–Trinajstić information content (AvgIpc) is 2.60. The van der Waals surface area contributed by atoms with Gasteiger partial charge in [-0.3, -0.25) is 10.0 Å². The lowest BCUT2D eigenvalue weighted by molar-refractivity contribution is -0.133. The summed E-state index contributed by atoms with van der Waals surface area (Å²) in [6.45, 7) is 3.81. The van der Waals surface area contributed by atoms with Crippen LogP contribution in [0.1, 0.15) is 19.8 Å². The van der Waals surface area contributed by atoms with E-state index >= 15 is 0 Å². The Morgan fingerprint density at radius 1 is 1.30 bits per heavy atom. The van der Waals surface area contributed by atoms with Crippen LogP contribution in [-0.2, 0) is 14.6 Å². The molecular weight excluding hydrogens is 336 g/mol. The topological polar surface area (TPSA) is 86.7 Å². The Morgan fingerprint density at radius 2 is 1.87 bits per heavy atom. The van der Waals surface area contributed by atoms with Crippen LogP contribution in [0.4, 0.5) is 0 Å². The normalized spacial score (nSPS) is 18.6. The Morgan fingerprint density at radius 3 is 2.30 bits per heavy atom. The predicted octanol–water partition coefficient (Wildman–Crippen LogP) is 1.54. The summed E-state index contributed by atoms with van der Waals surface area (Å²) in [6, 6.07) is 6.51. The molecule has 1 saturated heterocycles. The Hall–Kier alpha value is -1.09. The number of hydrogen-bond donors (Lipinski definition) is 2. The van der Waals surface area contributed by atoms with Crippen LogP contribution in [0.3, 0.4) is 0 Å². The van der Waals surface area contributed by atoms with E-state index in [1.54, 1.807) is 17.6 Å². The molecule has 0 spiro atoms. The first-order valence-electron chi connectivity index (χ1n) is 7.47. The van der Waals surface area contributed by atoms with Crippen LogP contribution < -0.4 is 5.48 Å². The number of rotatable bonds is 5. The fourth-order valence-corrected chi connectivity index (χ4v) is 5.29. The van der Waals surface area contributed by atoms with E-state index in [1.165, 1.54) is 23.9 Å². The summed E-state index contributed by atoms with van der Waals surface area (Å²) in [5, 5.41) is 9.09. The highest BCUT2D eigenvalue weighted by atomic mass is 32.2. The van der Waals surface area contributed by atoms with Gasteiger partial charge in [0.05, 0.1) is 4.90 Å². The highest BCUT2D eigenvalue weighted by molar-refractivity contribution is 7.98. The molecule has 1 amide bonds. The van der Waals surface area contributed by atoms with Gasteiger partial charge in [-0.05, 0) is 49.9 Å². The third-order valence-electron chi connectivity index (χ3n) is 4.51. The van der Waals surface area contributed by atoms with Gasteiger partial charge in [-0.1, -0.05) is 6.92 Å². The zero-order chi connectivity index (χ0) is 17.1. The molecule has 2 N–H and O–H groups in total. The summed E-state index contributed by atoms with van der Waals surface area (Å²) in [5.41, 5.74) is 1.57. The first-order chi connectivity index (χ1) is 10.9. The third kappa shape index (κ3) is 3.26. The molecule has 23 heavy (non-hydrogen) atoms. The van der Waals surface area contributed by atoms with E-state index in [1.807, 2.05) is 13.2 Å². The summed E-state index contributed by atoms with van der Waals surface area (Å²) >= 11 is 1.52. The van der Waals surface area contributed by atoms with Gasteiger partial charge in [-0.15, -0.1) is 11.8 Å². The average molecular weight is 358 g/mol. The fourth-order valence-electron chi connectivity index (χ4n) is 2.93. The number of nitrogens with one attached hydrogen (secondary N) is 1. The summed E-state index contributed by atoms with van der Waals surface area (Å²) in [5.74, 6) is -0.845. The summed E-state index contributed by atoms with van der Waals surface area (Å²) in [7, 11) is -3.90. The maximum Gasteiger partial charge on any atom is 0.265 e. The number of amides is 1. The van der Waals surface area contributed by atoms with E-state index in [0.717, 1.165) is 11.4 Å². The first-order valence-corrected chi connectivity index (χ1v) is 10.2. The van der Waals surface area contributed by atoms with Crippen LogP contribution in [0, 0.1) is 0 Å². The highest BCUT2D eigenvalue weighted by Gasteiger charge is 2.52. The van der Waals surface area contributed by atoms with Crippen molar-refractivity contribution in [1.29, 1.82) is 0 Å². The second kappa shape index (κ2) is 7.21. The van der Waals surface area contributed by atoms with Gasteiger partial charge in [0.15, 0.2) is 14.6 Å². The predicted molar refractivity (Wildman–Crippen MR) is 89.4 cm³/mol. The number of hydrogen-bond acceptors (Lipinski definition) is 6. The van der Waals surface area contributed by atoms with E-state index in [2.05, 4.69) is 4.90 Å². The molecule has 0 bridgehead atoms. The molecule has 0 radical (unpaired) electrons. The Balaban J connectivity index is 2.43. The van der Waals surface area contributed by atoms with Crippen LogP contribution in [0.5, 0.6) is 0 Å². The second-order valence-electron chi connectivity index (χ2n) is 5.55. The molecule has 128 valence electrons.